The molecule has 1 N–H and O–H groups in total. The Morgan fingerprint density at radius 2 is 1.52 bits per heavy atom. The van der Waals surface area contributed by atoms with E-state index < -0.39 is 50.7 Å². The molecule has 1 aromatic rings. The molecule has 11 heteroatoms. The fourth-order valence-electron chi connectivity index (χ4n) is 2.37. The molecule has 0 aromatic heterocycles. The standard InChI is InChI=1S/C14H12Cl3F5N2O/c1-2-3-4-6-5-13(25,14(15,16)17)24(23-6)12-10(21)8(19)7(18)9(20)11(12)22/h25H,2-5H2,1H3. The lowest BCUT2D eigenvalue weighted by Gasteiger charge is -2.37. The monoisotopic (exact) mass is 424 g/mol. The third-order valence-corrected chi connectivity index (χ3v) is 4.62. The van der Waals surface area contributed by atoms with Crippen molar-refractivity contribution in [3.05, 3.63) is 29.1 Å². The van der Waals surface area contributed by atoms with Gasteiger partial charge in [-0.1, -0.05) is 48.1 Å². The van der Waals surface area contributed by atoms with E-state index in [0.29, 0.717) is 6.42 Å². The summed E-state index contributed by atoms with van der Waals surface area (Å²) in [6.07, 6.45) is 1.17. The van der Waals surface area contributed by atoms with Gasteiger partial charge in [0.15, 0.2) is 23.3 Å². The third kappa shape index (κ3) is 3.41. The van der Waals surface area contributed by atoms with Crippen LogP contribution in [-0.2, 0) is 0 Å². The summed E-state index contributed by atoms with van der Waals surface area (Å²) in [6, 6.07) is 0. The molecule has 0 spiro atoms. The van der Waals surface area contributed by atoms with E-state index in [9.17, 15) is 27.1 Å². The van der Waals surface area contributed by atoms with Gasteiger partial charge in [-0.2, -0.15) is 5.10 Å². The van der Waals surface area contributed by atoms with Crippen LogP contribution in [0, 0.1) is 29.1 Å². The van der Waals surface area contributed by atoms with Gasteiger partial charge in [-0.15, -0.1) is 0 Å². The van der Waals surface area contributed by atoms with Gasteiger partial charge < -0.3 is 5.11 Å². The summed E-state index contributed by atoms with van der Waals surface area (Å²) >= 11 is 17.1. The van der Waals surface area contributed by atoms with E-state index in [1.165, 1.54) is 0 Å². The van der Waals surface area contributed by atoms with Crippen molar-refractivity contribution < 1.29 is 27.1 Å². The van der Waals surface area contributed by atoms with Gasteiger partial charge in [0.2, 0.25) is 15.3 Å². The molecule has 0 amide bonds. The van der Waals surface area contributed by atoms with Gasteiger partial charge in [-0.05, 0) is 12.8 Å². The summed E-state index contributed by atoms with van der Waals surface area (Å²) in [5.41, 5.74) is -3.92. The first-order valence-electron chi connectivity index (χ1n) is 7.12. The molecular formula is C14H12Cl3F5N2O. The number of hydrazone groups is 1. The number of alkyl halides is 3. The number of benzene rings is 1. The van der Waals surface area contributed by atoms with E-state index >= 15 is 0 Å². The molecule has 0 fully saturated rings. The molecule has 2 rings (SSSR count). The number of unbranched alkanes of at least 4 members (excludes halogenated alkanes) is 1. The summed E-state index contributed by atoms with van der Waals surface area (Å²) in [4.78, 5) is 0. The van der Waals surface area contributed by atoms with Crippen molar-refractivity contribution in [1.29, 1.82) is 0 Å². The fraction of sp³-hybridized carbons (Fsp3) is 0.500. The van der Waals surface area contributed by atoms with Gasteiger partial charge in [0.25, 0.3) is 0 Å². The lowest BCUT2D eigenvalue weighted by molar-refractivity contribution is 0.0546. The van der Waals surface area contributed by atoms with Gasteiger partial charge in [-0.25, -0.2) is 27.0 Å². The van der Waals surface area contributed by atoms with Gasteiger partial charge in [0.1, 0.15) is 5.69 Å². The van der Waals surface area contributed by atoms with Crippen LogP contribution in [0.1, 0.15) is 32.6 Å². The zero-order chi connectivity index (χ0) is 19.2. The first-order chi connectivity index (χ1) is 11.5. The first-order valence-corrected chi connectivity index (χ1v) is 8.26. The second-order valence-electron chi connectivity index (χ2n) is 5.49. The van der Waals surface area contributed by atoms with Crippen molar-refractivity contribution in [3.63, 3.8) is 0 Å². The molecule has 140 valence electrons. The van der Waals surface area contributed by atoms with E-state index in [-0.39, 0.29) is 17.1 Å². The van der Waals surface area contributed by atoms with Crippen LogP contribution in [-0.4, -0.2) is 20.3 Å². The SMILES string of the molecule is CCCCC1=NN(c2c(F)c(F)c(F)c(F)c2F)C(O)(C(Cl)(Cl)Cl)C1. The van der Waals surface area contributed by atoms with Gasteiger partial charge in [-0.3, -0.25) is 0 Å². The molecule has 0 saturated carbocycles. The highest BCUT2D eigenvalue weighted by atomic mass is 35.6. The van der Waals surface area contributed by atoms with Crippen molar-refractivity contribution in [2.45, 2.75) is 42.1 Å². The number of hydrogen-bond donors (Lipinski definition) is 1. The number of aliphatic hydroxyl groups is 1. The first kappa shape index (κ1) is 20.5. The molecule has 1 aromatic carbocycles. The minimum atomic E-state index is -2.63. The molecule has 1 aliphatic rings. The Balaban J connectivity index is 2.67. The fourth-order valence-corrected chi connectivity index (χ4v) is 2.81. The van der Waals surface area contributed by atoms with Crippen molar-refractivity contribution in [3.8, 4) is 0 Å². The van der Waals surface area contributed by atoms with Crippen LogP contribution < -0.4 is 5.01 Å². The predicted molar refractivity (Wildman–Crippen MR) is 85.5 cm³/mol. The molecule has 0 saturated heterocycles. The van der Waals surface area contributed by atoms with E-state index in [0.717, 1.165) is 6.42 Å². The number of anilines is 1. The summed E-state index contributed by atoms with van der Waals surface area (Å²) in [6.45, 7) is 1.86. The second kappa shape index (κ2) is 7.06. The molecule has 25 heavy (non-hydrogen) atoms. The van der Waals surface area contributed by atoms with Crippen molar-refractivity contribution in [1.82, 2.24) is 0 Å². The molecule has 1 heterocycles. The maximum Gasteiger partial charge on any atom is 0.239 e. The topological polar surface area (TPSA) is 35.8 Å². The van der Waals surface area contributed by atoms with Crippen LogP contribution in [0.25, 0.3) is 0 Å². The lowest BCUT2D eigenvalue weighted by Crippen LogP contribution is -2.54. The smallest absolute Gasteiger partial charge is 0.239 e. The molecule has 0 bridgehead atoms. The van der Waals surface area contributed by atoms with E-state index in [1.807, 2.05) is 6.92 Å². The summed E-state index contributed by atoms with van der Waals surface area (Å²) in [5.74, 6) is -11.1. The molecule has 1 unspecified atom stereocenters. The van der Waals surface area contributed by atoms with Crippen LogP contribution in [0.5, 0.6) is 0 Å². The summed E-state index contributed by atoms with van der Waals surface area (Å²) in [7, 11) is 0. The zero-order valence-corrected chi connectivity index (χ0v) is 15.0. The van der Waals surface area contributed by atoms with E-state index in [2.05, 4.69) is 5.10 Å². The molecule has 1 aliphatic heterocycles. The van der Waals surface area contributed by atoms with E-state index in [1.54, 1.807) is 0 Å². The highest BCUT2D eigenvalue weighted by Gasteiger charge is 2.57. The summed E-state index contributed by atoms with van der Waals surface area (Å²) in [5, 5.41) is 14.6. The Kier molecular flexibility index (Phi) is 5.78. The number of nitrogens with zero attached hydrogens (tertiary/aromatic N) is 2. The van der Waals surface area contributed by atoms with Crippen LogP contribution >= 0.6 is 34.8 Å². The molecular weight excluding hydrogens is 414 g/mol. The Morgan fingerprint density at radius 3 is 1.96 bits per heavy atom. The second-order valence-corrected chi connectivity index (χ2v) is 7.77. The van der Waals surface area contributed by atoms with Crippen LogP contribution in [0.4, 0.5) is 27.6 Å². The van der Waals surface area contributed by atoms with Crippen LogP contribution in [0.2, 0.25) is 0 Å². The number of halogens is 8. The molecule has 1 atom stereocenters. The molecule has 0 aliphatic carbocycles. The Morgan fingerprint density at radius 1 is 1.04 bits per heavy atom. The largest absolute Gasteiger partial charge is 0.365 e. The number of hydrogen-bond acceptors (Lipinski definition) is 3. The average molecular weight is 426 g/mol. The highest BCUT2D eigenvalue weighted by molar-refractivity contribution is 6.68. The molecule has 0 radical (unpaired) electrons. The average Bonchev–Trinajstić information content (AvgIpc) is 2.87. The lowest BCUT2D eigenvalue weighted by atomic mass is 10.0. The summed E-state index contributed by atoms with van der Waals surface area (Å²) < 4.78 is 65.8. The Bertz CT molecular complexity index is 696. The van der Waals surface area contributed by atoms with E-state index in [4.69, 9.17) is 34.8 Å². The quantitative estimate of drug-likeness (QED) is 0.312. The maximum atomic E-state index is 14.1. The Hall–Kier alpha value is -0.830. The minimum Gasteiger partial charge on any atom is -0.365 e. The van der Waals surface area contributed by atoms with Gasteiger partial charge in [0, 0.05) is 12.1 Å². The van der Waals surface area contributed by atoms with Crippen LogP contribution in [0.3, 0.4) is 0 Å². The number of rotatable bonds is 4. The minimum absolute atomic E-state index is 0.154. The van der Waals surface area contributed by atoms with Crippen molar-refractivity contribution in [2.24, 2.45) is 5.10 Å². The van der Waals surface area contributed by atoms with Crippen molar-refractivity contribution in [2.75, 3.05) is 5.01 Å². The maximum absolute atomic E-state index is 14.1. The third-order valence-electron chi connectivity index (χ3n) is 3.71. The highest BCUT2D eigenvalue weighted by Crippen LogP contribution is 2.49. The normalized spacial score (nSPS) is 21.0. The zero-order valence-electron chi connectivity index (χ0n) is 12.7. The van der Waals surface area contributed by atoms with Crippen molar-refractivity contribution >= 4 is 46.2 Å². The van der Waals surface area contributed by atoms with Crippen LogP contribution in [0.15, 0.2) is 5.10 Å². The van der Waals surface area contributed by atoms with Gasteiger partial charge in [0.05, 0.1) is 0 Å². The molecule has 3 nitrogen and oxygen atoms in total. The van der Waals surface area contributed by atoms with Gasteiger partial charge >= 0.3 is 0 Å². The predicted octanol–water partition coefficient (Wildman–Crippen LogP) is 5.20. The Labute approximate surface area is 155 Å².